The molecule has 0 bridgehead atoms. The van der Waals surface area contributed by atoms with Gasteiger partial charge in [0.2, 0.25) is 0 Å². The van der Waals surface area contributed by atoms with E-state index in [1.54, 1.807) is 22.7 Å². The molecule has 0 N–H and O–H groups in total. The number of aryl methyl sites for hydroxylation is 2. The minimum absolute atomic E-state index is 1.07. The van der Waals surface area contributed by atoms with Crippen molar-refractivity contribution in [1.29, 1.82) is 0 Å². The number of benzene rings is 1. The van der Waals surface area contributed by atoms with Gasteiger partial charge in [0.15, 0.2) is 0 Å². The second kappa shape index (κ2) is 2.74. The van der Waals surface area contributed by atoms with E-state index in [-0.39, 0.29) is 0 Å². The van der Waals surface area contributed by atoms with E-state index < -0.39 is 0 Å². The highest BCUT2D eigenvalue weighted by molar-refractivity contribution is 7.20. The van der Waals surface area contributed by atoms with Gasteiger partial charge in [0.1, 0.15) is 0 Å². The second-order valence-corrected chi connectivity index (χ2v) is 5.72. The molecule has 0 aliphatic carbocycles. The Morgan fingerprint density at radius 3 is 1.86 bits per heavy atom. The first-order chi connectivity index (χ1) is 6.72. The van der Waals surface area contributed by atoms with Gasteiger partial charge in [-0.2, -0.15) is 0 Å². The molecule has 0 aliphatic heterocycles. The number of aromatic nitrogens is 2. The van der Waals surface area contributed by atoms with Crippen molar-refractivity contribution in [1.82, 2.24) is 9.97 Å². The average Bonchev–Trinajstić information content (AvgIpc) is 2.59. The molecule has 3 rings (SSSR count). The van der Waals surface area contributed by atoms with Crippen LogP contribution in [0.1, 0.15) is 10.0 Å². The zero-order valence-electron chi connectivity index (χ0n) is 7.87. The first-order valence-electron chi connectivity index (χ1n) is 4.37. The van der Waals surface area contributed by atoms with Gasteiger partial charge < -0.3 is 0 Å². The predicted octanol–water partition coefficient (Wildman–Crippen LogP) is 3.52. The fourth-order valence-electron chi connectivity index (χ4n) is 1.58. The normalized spacial score (nSPS) is 11.6. The Labute approximate surface area is 89.2 Å². The standard InChI is InChI=1S/C10H8N2S2/c1-5-11-7-3-8-10(4-9(7)13-5)14-6(2)12-8/h3-4H,1-2H3. The van der Waals surface area contributed by atoms with Crippen molar-refractivity contribution in [3.63, 3.8) is 0 Å². The summed E-state index contributed by atoms with van der Waals surface area (Å²) in [4.78, 5) is 8.91. The van der Waals surface area contributed by atoms with Crippen LogP contribution in [0.25, 0.3) is 20.4 Å². The smallest absolute Gasteiger partial charge is 0.0907 e. The van der Waals surface area contributed by atoms with Gasteiger partial charge in [0.05, 0.1) is 30.4 Å². The third kappa shape index (κ3) is 1.14. The molecule has 2 nitrogen and oxygen atoms in total. The van der Waals surface area contributed by atoms with Crippen LogP contribution in [0, 0.1) is 13.8 Å². The van der Waals surface area contributed by atoms with Crippen LogP contribution >= 0.6 is 22.7 Å². The van der Waals surface area contributed by atoms with Crippen LogP contribution in [0.3, 0.4) is 0 Å². The molecule has 0 spiro atoms. The molecule has 0 radical (unpaired) electrons. The van der Waals surface area contributed by atoms with Gasteiger partial charge in [0, 0.05) is 0 Å². The van der Waals surface area contributed by atoms with E-state index in [4.69, 9.17) is 0 Å². The number of nitrogens with zero attached hydrogens (tertiary/aromatic N) is 2. The monoisotopic (exact) mass is 220 g/mol. The van der Waals surface area contributed by atoms with Crippen molar-refractivity contribution < 1.29 is 0 Å². The van der Waals surface area contributed by atoms with E-state index in [0.29, 0.717) is 0 Å². The van der Waals surface area contributed by atoms with Crippen molar-refractivity contribution >= 4 is 43.1 Å². The van der Waals surface area contributed by atoms with Crippen molar-refractivity contribution in [3.8, 4) is 0 Å². The summed E-state index contributed by atoms with van der Waals surface area (Å²) in [6.45, 7) is 4.08. The van der Waals surface area contributed by atoms with Crippen molar-refractivity contribution in [2.75, 3.05) is 0 Å². The maximum atomic E-state index is 4.46. The lowest BCUT2D eigenvalue weighted by Gasteiger charge is -1.86. The summed E-state index contributed by atoms with van der Waals surface area (Å²) >= 11 is 3.49. The van der Waals surface area contributed by atoms with Gasteiger partial charge in [-0.3, -0.25) is 0 Å². The SMILES string of the molecule is Cc1nc2cc3nc(C)sc3cc2s1. The molecule has 0 unspecified atom stereocenters. The Kier molecular flexibility index (Phi) is 1.63. The fourth-order valence-corrected chi connectivity index (χ4v) is 3.35. The zero-order valence-corrected chi connectivity index (χ0v) is 9.50. The summed E-state index contributed by atoms with van der Waals surface area (Å²) in [5.41, 5.74) is 2.15. The Morgan fingerprint density at radius 1 is 0.857 bits per heavy atom. The number of hydrogen-bond donors (Lipinski definition) is 0. The van der Waals surface area contributed by atoms with E-state index in [1.807, 2.05) is 13.8 Å². The molecule has 0 saturated carbocycles. The highest BCUT2D eigenvalue weighted by Gasteiger charge is 2.05. The Balaban J connectivity index is 2.49. The van der Waals surface area contributed by atoms with Gasteiger partial charge >= 0.3 is 0 Å². The average molecular weight is 220 g/mol. The fraction of sp³-hybridized carbons (Fsp3) is 0.200. The molecule has 70 valence electrons. The highest BCUT2D eigenvalue weighted by Crippen LogP contribution is 2.29. The van der Waals surface area contributed by atoms with Gasteiger partial charge in [-0.25, -0.2) is 9.97 Å². The molecule has 2 aromatic heterocycles. The Morgan fingerprint density at radius 2 is 1.36 bits per heavy atom. The molecule has 0 saturated heterocycles. The number of thiazole rings is 2. The first-order valence-corrected chi connectivity index (χ1v) is 6.00. The molecule has 3 aromatic rings. The van der Waals surface area contributed by atoms with Gasteiger partial charge in [-0.15, -0.1) is 22.7 Å². The van der Waals surface area contributed by atoms with Gasteiger partial charge in [0.25, 0.3) is 0 Å². The first kappa shape index (κ1) is 8.32. The summed E-state index contributed by atoms with van der Waals surface area (Å²) in [5.74, 6) is 0. The molecular weight excluding hydrogens is 212 g/mol. The van der Waals surface area contributed by atoms with Crippen LogP contribution in [-0.2, 0) is 0 Å². The van der Waals surface area contributed by atoms with Crippen molar-refractivity contribution in [2.24, 2.45) is 0 Å². The number of hydrogen-bond acceptors (Lipinski definition) is 4. The van der Waals surface area contributed by atoms with Crippen LogP contribution in [0.4, 0.5) is 0 Å². The highest BCUT2D eigenvalue weighted by atomic mass is 32.1. The van der Waals surface area contributed by atoms with E-state index in [0.717, 1.165) is 21.0 Å². The second-order valence-electron chi connectivity index (χ2n) is 3.25. The zero-order chi connectivity index (χ0) is 9.71. The summed E-state index contributed by atoms with van der Waals surface area (Å²) < 4.78 is 2.53. The van der Waals surface area contributed by atoms with E-state index in [1.165, 1.54) is 9.40 Å². The van der Waals surface area contributed by atoms with Crippen LogP contribution in [-0.4, -0.2) is 9.97 Å². The number of fused-ring (bicyclic) bond motifs is 2. The molecule has 0 fully saturated rings. The molecule has 14 heavy (non-hydrogen) atoms. The van der Waals surface area contributed by atoms with Crippen LogP contribution in [0.5, 0.6) is 0 Å². The van der Waals surface area contributed by atoms with Crippen LogP contribution < -0.4 is 0 Å². The lowest BCUT2D eigenvalue weighted by Crippen LogP contribution is -1.71. The Hall–Kier alpha value is -1.00. The molecule has 0 amide bonds. The molecular formula is C10H8N2S2. The summed E-state index contributed by atoms with van der Waals surface area (Å²) in [6, 6.07) is 4.28. The minimum Gasteiger partial charge on any atom is -0.241 e. The van der Waals surface area contributed by atoms with Crippen molar-refractivity contribution in [2.45, 2.75) is 13.8 Å². The van der Waals surface area contributed by atoms with E-state index >= 15 is 0 Å². The molecule has 4 heteroatoms. The number of rotatable bonds is 0. The van der Waals surface area contributed by atoms with Crippen LogP contribution in [0.2, 0.25) is 0 Å². The Bertz CT molecular complexity index is 519. The van der Waals surface area contributed by atoms with E-state index in [2.05, 4.69) is 22.1 Å². The molecule has 1 aromatic carbocycles. The maximum absolute atomic E-state index is 4.46. The van der Waals surface area contributed by atoms with Gasteiger partial charge in [-0.05, 0) is 26.0 Å². The lowest BCUT2D eigenvalue weighted by molar-refractivity contribution is 1.33. The van der Waals surface area contributed by atoms with E-state index in [9.17, 15) is 0 Å². The summed E-state index contributed by atoms with van der Waals surface area (Å²) in [7, 11) is 0. The summed E-state index contributed by atoms with van der Waals surface area (Å²) in [5, 5.41) is 2.24. The van der Waals surface area contributed by atoms with Crippen LogP contribution in [0.15, 0.2) is 12.1 Å². The third-order valence-corrected chi connectivity index (χ3v) is 3.98. The molecule has 0 atom stereocenters. The minimum atomic E-state index is 1.07. The molecule has 0 aliphatic rings. The predicted molar refractivity (Wildman–Crippen MR) is 62.3 cm³/mol. The van der Waals surface area contributed by atoms with Crippen molar-refractivity contribution in [3.05, 3.63) is 22.1 Å². The molecule has 2 heterocycles. The lowest BCUT2D eigenvalue weighted by atomic mass is 10.3. The summed E-state index contributed by atoms with van der Waals surface area (Å²) in [6.07, 6.45) is 0. The largest absolute Gasteiger partial charge is 0.241 e. The maximum Gasteiger partial charge on any atom is 0.0907 e. The topological polar surface area (TPSA) is 25.8 Å². The van der Waals surface area contributed by atoms with Gasteiger partial charge in [-0.1, -0.05) is 0 Å². The third-order valence-electron chi connectivity index (χ3n) is 2.11. The quantitative estimate of drug-likeness (QED) is 0.579.